The summed E-state index contributed by atoms with van der Waals surface area (Å²) in [7, 11) is 2.11. The van der Waals surface area contributed by atoms with E-state index in [0.29, 0.717) is 12.8 Å². The molecule has 0 aliphatic carbocycles. The minimum atomic E-state index is -0.837. The molecule has 1 aliphatic heterocycles. The van der Waals surface area contributed by atoms with Crippen molar-refractivity contribution in [1.82, 2.24) is 0 Å². The topological polar surface area (TPSA) is 23.5 Å². The average Bonchev–Trinajstić information content (AvgIpc) is 3.01. The van der Waals surface area contributed by atoms with E-state index in [1.54, 1.807) is 0 Å². The Labute approximate surface area is 155 Å². The van der Waals surface area contributed by atoms with Crippen molar-refractivity contribution in [3.8, 4) is 0 Å². The second kappa shape index (κ2) is 6.97. The molecule has 4 rings (SSSR count). The molecular weight excluding hydrogens is 318 g/mol. The Morgan fingerprint density at radius 3 is 1.85 bits per heavy atom. The van der Waals surface area contributed by atoms with Crippen LogP contribution in [0.1, 0.15) is 16.7 Å². The van der Waals surface area contributed by atoms with Crippen LogP contribution >= 0.6 is 0 Å². The molecule has 26 heavy (non-hydrogen) atoms. The number of fused-ring (bicyclic) bond motifs is 1. The Hall–Kier alpha value is -2.58. The van der Waals surface area contributed by atoms with Crippen LogP contribution in [0.5, 0.6) is 0 Å². The maximum atomic E-state index is 11.9. The maximum absolute atomic E-state index is 11.9. The molecule has 1 N–H and O–H groups in total. The summed E-state index contributed by atoms with van der Waals surface area (Å²) < 4.78 is 0. The summed E-state index contributed by atoms with van der Waals surface area (Å²) in [6, 6.07) is 29.2. The average molecular weight is 343 g/mol. The highest BCUT2D eigenvalue weighted by molar-refractivity contribution is 5.59. The SMILES string of the molecule is CN1c2ccccc2C[C@H]1C(O)(Cc1ccccc1)Cc1ccccc1. The number of rotatable bonds is 5. The van der Waals surface area contributed by atoms with Gasteiger partial charge in [-0.15, -0.1) is 0 Å². The predicted octanol–water partition coefficient (Wildman–Crippen LogP) is 4.26. The van der Waals surface area contributed by atoms with Crippen molar-refractivity contribution in [2.45, 2.75) is 30.9 Å². The number of hydrogen-bond donors (Lipinski definition) is 1. The molecule has 0 fully saturated rings. The summed E-state index contributed by atoms with van der Waals surface area (Å²) >= 11 is 0. The largest absolute Gasteiger partial charge is 0.387 e. The van der Waals surface area contributed by atoms with E-state index in [1.807, 2.05) is 36.4 Å². The Morgan fingerprint density at radius 1 is 0.808 bits per heavy atom. The smallest absolute Gasteiger partial charge is 0.0933 e. The molecule has 0 radical (unpaired) electrons. The minimum absolute atomic E-state index is 0.0558. The molecule has 3 aromatic rings. The minimum Gasteiger partial charge on any atom is -0.387 e. The quantitative estimate of drug-likeness (QED) is 0.748. The van der Waals surface area contributed by atoms with Crippen LogP contribution in [0.2, 0.25) is 0 Å². The van der Waals surface area contributed by atoms with Crippen molar-refractivity contribution < 1.29 is 5.11 Å². The third-order valence-corrected chi connectivity index (χ3v) is 5.58. The van der Waals surface area contributed by atoms with Gasteiger partial charge in [0.2, 0.25) is 0 Å². The number of benzene rings is 3. The van der Waals surface area contributed by atoms with Crippen LogP contribution in [0.3, 0.4) is 0 Å². The van der Waals surface area contributed by atoms with E-state index < -0.39 is 5.60 Å². The van der Waals surface area contributed by atoms with Crippen LogP contribution in [-0.4, -0.2) is 23.8 Å². The Balaban J connectivity index is 1.69. The van der Waals surface area contributed by atoms with Gasteiger partial charge in [0.15, 0.2) is 0 Å². The maximum Gasteiger partial charge on any atom is 0.0933 e. The lowest BCUT2D eigenvalue weighted by atomic mass is 9.80. The summed E-state index contributed by atoms with van der Waals surface area (Å²) in [6.45, 7) is 0. The number of aliphatic hydroxyl groups is 1. The molecule has 132 valence electrons. The summed E-state index contributed by atoms with van der Waals surface area (Å²) in [4.78, 5) is 2.27. The molecule has 2 heteroatoms. The summed E-state index contributed by atoms with van der Waals surface area (Å²) in [5, 5.41) is 11.9. The van der Waals surface area contributed by atoms with Crippen LogP contribution in [-0.2, 0) is 19.3 Å². The number of nitrogens with zero attached hydrogens (tertiary/aromatic N) is 1. The van der Waals surface area contributed by atoms with Crippen molar-refractivity contribution in [1.29, 1.82) is 0 Å². The fourth-order valence-corrected chi connectivity index (χ4v) is 4.29. The number of para-hydroxylation sites is 1. The lowest BCUT2D eigenvalue weighted by molar-refractivity contribution is 0.0156. The summed E-state index contributed by atoms with van der Waals surface area (Å²) in [6.07, 6.45) is 2.17. The molecule has 2 nitrogen and oxygen atoms in total. The van der Waals surface area contributed by atoms with Crippen molar-refractivity contribution in [3.63, 3.8) is 0 Å². The standard InChI is InChI=1S/C24H25NO/c1-25-22-15-9-8-14-21(22)16-23(25)24(26,17-19-10-4-2-5-11-19)18-20-12-6-3-7-13-20/h2-15,23,26H,16-18H2,1H3/t23-/m0/s1. The highest BCUT2D eigenvalue weighted by atomic mass is 16.3. The molecule has 1 atom stereocenters. The Bertz CT molecular complexity index is 818. The Morgan fingerprint density at radius 2 is 1.31 bits per heavy atom. The van der Waals surface area contributed by atoms with Crippen LogP contribution in [0.4, 0.5) is 5.69 Å². The van der Waals surface area contributed by atoms with Crippen LogP contribution < -0.4 is 4.90 Å². The normalized spacial score (nSPS) is 16.5. The highest BCUT2D eigenvalue weighted by Gasteiger charge is 2.43. The molecule has 0 aromatic heterocycles. The third kappa shape index (κ3) is 3.25. The van der Waals surface area contributed by atoms with Crippen molar-refractivity contribution >= 4 is 5.69 Å². The van der Waals surface area contributed by atoms with Gasteiger partial charge in [-0.1, -0.05) is 78.9 Å². The van der Waals surface area contributed by atoms with Gasteiger partial charge in [-0.2, -0.15) is 0 Å². The van der Waals surface area contributed by atoms with Gasteiger partial charge in [0.25, 0.3) is 0 Å². The van der Waals surface area contributed by atoms with Crippen molar-refractivity contribution in [2.24, 2.45) is 0 Å². The Kier molecular flexibility index (Phi) is 4.52. The second-order valence-corrected chi connectivity index (χ2v) is 7.39. The van der Waals surface area contributed by atoms with E-state index in [4.69, 9.17) is 0 Å². The zero-order valence-electron chi connectivity index (χ0n) is 15.2. The first-order chi connectivity index (χ1) is 12.7. The zero-order chi connectivity index (χ0) is 18.0. The van der Waals surface area contributed by atoms with E-state index in [9.17, 15) is 5.11 Å². The molecule has 0 amide bonds. The molecule has 3 aromatic carbocycles. The number of likely N-dealkylation sites (N-methyl/N-ethyl adjacent to an activating group) is 1. The molecular formula is C24H25NO. The van der Waals surface area contributed by atoms with Gasteiger partial charge in [0.05, 0.1) is 11.6 Å². The third-order valence-electron chi connectivity index (χ3n) is 5.58. The molecule has 0 saturated carbocycles. The van der Waals surface area contributed by atoms with Crippen LogP contribution in [0, 0.1) is 0 Å². The molecule has 1 heterocycles. The van der Waals surface area contributed by atoms with Gasteiger partial charge in [0, 0.05) is 25.6 Å². The summed E-state index contributed by atoms with van der Waals surface area (Å²) in [5.74, 6) is 0. The van der Waals surface area contributed by atoms with Gasteiger partial charge in [0.1, 0.15) is 0 Å². The summed E-state index contributed by atoms with van der Waals surface area (Å²) in [5.41, 5.74) is 4.07. The zero-order valence-corrected chi connectivity index (χ0v) is 15.2. The fraction of sp³-hybridized carbons (Fsp3) is 0.250. The molecule has 0 saturated heterocycles. The van der Waals surface area contributed by atoms with E-state index in [-0.39, 0.29) is 6.04 Å². The van der Waals surface area contributed by atoms with Gasteiger partial charge in [-0.05, 0) is 29.2 Å². The second-order valence-electron chi connectivity index (χ2n) is 7.39. The molecule has 0 spiro atoms. The van der Waals surface area contributed by atoms with Crippen LogP contribution in [0.15, 0.2) is 84.9 Å². The van der Waals surface area contributed by atoms with E-state index >= 15 is 0 Å². The van der Waals surface area contributed by atoms with E-state index in [0.717, 1.165) is 6.42 Å². The van der Waals surface area contributed by atoms with Crippen molar-refractivity contribution in [3.05, 3.63) is 102 Å². The van der Waals surface area contributed by atoms with E-state index in [2.05, 4.69) is 60.5 Å². The molecule has 1 aliphatic rings. The molecule has 0 unspecified atom stereocenters. The highest BCUT2D eigenvalue weighted by Crippen LogP contribution is 2.38. The van der Waals surface area contributed by atoms with Gasteiger partial charge in [-0.3, -0.25) is 0 Å². The predicted molar refractivity (Wildman–Crippen MR) is 108 cm³/mol. The lowest BCUT2D eigenvalue weighted by Gasteiger charge is -2.39. The first-order valence-electron chi connectivity index (χ1n) is 9.27. The first kappa shape index (κ1) is 16.9. The van der Waals surface area contributed by atoms with Crippen molar-refractivity contribution in [2.75, 3.05) is 11.9 Å². The van der Waals surface area contributed by atoms with Gasteiger partial charge >= 0.3 is 0 Å². The number of anilines is 1. The monoisotopic (exact) mass is 343 g/mol. The number of hydrogen-bond acceptors (Lipinski definition) is 2. The van der Waals surface area contributed by atoms with Gasteiger partial charge < -0.3 is 10.0 Å². The fourth-order valence-electron chi connectivity index (χ4n) is 4.29. The van der Waals surface area contributed by atoms with Gasteiger partial charge in [-0.25, -0.2) is 0 Å². The van der Waals surface area contributed by atoms with E-state index in [1.165, 1.54) is 22.4 Å². The lowest BCUT2D eigenvalue weighted by Crippen LogP contribution is -2.53. The molecule has 0 bridgehead atoms. The van der Waals surface area contributed by atoms with Crippen LogP contribution in [0.25, 0.3) is 0 Å². The first-order valence-corrected chi connectivity index (χ1v) is 9.27.